The summed E-state index contributed by atoms with van der Waals surface area (Å²) >= 11 is 0. The molecule has 0 spiro atoms. The van der Waals surface area contributed by atoms with Gasteiger partial charge in [-0.2, -0.15) is 0 Å². The molecule has 2 heterocycles. The first kappa shape index (κ1) is 23.5. The molecule has 168 valence electrons. The number of pyridine rings is 1. The number of rotatable bonds is 4. The van der Waals surface area contributed by atoms with Crippen molar-refractivity contribution in [1.82, 2.24) is 15.2 Å². The van der Waals surface area contributed by atoms with E-state index in [4.69, 9.17) is 0 Å². The van der Waals surface area contributed by atoms with Gasteiger partial charge in [-0.15, -0.1) is 12.4 Å². The van der Waals surface area contributed by atoms with Crippen LogP contribution in [0.1, 0.15) is 54.1 Å². The summed E-state index contributed by atoms with van der Waals surface area (Å²) in [5.41, 5.74) is 2.33. The smallest absolute Gasteiger partial charge is 0.268 e. The van der Waals surface area contributed by atoms with Crippen molar-refractivity contribution in [3.8, 4) is 5.69 Å². The van der Waals surface area contributed by atoms with Gasteiger partial charge >= 0.3 is 0 Å². The highest BCUT2D eigenvalue weighted by Crippen LogP contribution is 2.33. The van der Waals surface area contributed by atoms with Gasteiger partial charge in [0.15, 0.2) is 0 Å². The summed E-state index contributed by atoms with van der Waals surface area (Å²) in [7, 11) is 0. The molecule has 2 aromatic rings. The minimum absolute atomic E-state index is 0. The number of halogens is 1. The van der Waals surface area contributed by atoms with E-state index in [1.54, 1.807) is 19.2 Å². The summed E-state index contributed by atoms with van der Waals surface area (Å²) in [5.74, 6) is 0.874. The van der Waals surface area contributed by atoms with Crippen LogP contribution in [-0.2, 0) is 0 Å². The number of amides is 1. The Balaban J connectivity index is 0.00000272. The lowest BCUT2D eigenvalue weighted by atomic mass is 9.77. The van der Waals surface area contributed by atoms with Gasteiger partial charge in [0.1, 0.15) is 5.56 Å². The Morgan fingerprint density at radius 3 is 2.61 bits per heavy atom. The summed E-state index contributed by atoms with van der Waals surface area (Å²) in [4.78, 5) is 26.3. The summed E-state index contributed by atoms with van der Waals surface area (Å²) in [6, 6.07) is 9.31. The highest BCUT2D eigenvalue weighted by Gasteiger charge is 2.39. The molecule has 1 aliphatic carbocycles. The van der Waals surface area contributed by atoms with Crippen molar-refractivity contribution in [2.45, 2.75) is 51.7 Å². The molecule has 31 heavy (non-hydrogen) atoms. The number of hydrogen-bond donors (Lipinski definition) is 3. The average Bonchev–Trinajstić information content (AvgIpc) is 3.15. The lowest BCUT2D eigenvalue weighted by Gasteiger charge is -2.35. The summed E-state index contributed by atoms with van der Waals surface area (Å²) < 4.78 is 1.53. The van der Waals surface area contributed by atoms with Crippen LogP contribution >= 0.6 is 12.4 Å². The molecule has 4 atom stereocenters. The first-order valence-electron chi connectivity index (χ1n) is 10.9. The molecular formula is C24H32ClN3O3. The fraction of sp³-hybridized carbons (Fsp3) is 0.500. The van der Waals surface area contributed by atoms with Crippen LogP contribution in [0.3, 0.4) is 0 Å². The SMILES string of the molecule is Cc1ccn(-c2cccc(C(C)C)c2)c(=O)c1C(=O)N[C@H]1C[C@H]2CNC[C@H]2C[C@@H]1O.Cl. The molecule has 1 aromatic carbocycles. The Kier molecular flexibility index (Phi) is 7.24. The zero-order valence-corrected chi connectivity index (χ0v) is 19.1. The van der Waals surface area contributed by atoms with Gasteiger partial charge in [-0.1, -0.05) is 26.0 Å². The van der Waals surface area contributed by atoms with Gasteiger partial charge in [0.05, 0.1) is 12.1 Å². The second-order valence-electron chi connectivity index (χ2n) is 9.10. The number of aromatic nitrogens is 1. The van der Waals surface area contributed by atoms with Crippen LogP contribution in [0.5, 0.6) is 0 Å². The third-order valence-electron chi connectivity index (χ3n) is 6.70. The molecule has 1 saturated heterocycles. The maximum absolute atomic E-state index is 13.2. The monoisotopic (exact) mass is 445 g/mol. The number of benzene rings is 1. The second kappa shape index (κ2) is 9.55. The van der Waals surface area contributed by atoms with E-state index in [1.165, 1.54) is 4.57 Å². The number of carbonyl (C=O) groups is 1. The van der Waals surface area contributed by atoms with E-state index >= 15 is 0 Å². The van der Waals surface area contributed by atoms with Crippen molar-refractivity contribution in [1.29, 1.82) is 0 Å². The van der Waals surface area contributed by atoms with Crippen LogP contribution in [0.2, 0.25) is 0 Å². The molecule has 2 aliphatic rings. The molecule has 2 fully saturated rings. The van der Waals surface area contributed by atoms with Gasteiger partial charge in [-0.05, 0) is 79.9 Å². The molecule has 0 bridgehead atoms. The number of fused-ring (bicyclic) bond motifs is 1. The highest BCUT2D eigenvalue weighted by molar-refractivity contribution is 5.95. The van der Waals surface area contributed by atoms with E-state index in [0.29, 0.717) is 29.7 Å². The Bertz CT molecular complexity index is 1000. The summed E-state index contributed by atoms with van der Waals surface area (Å²) in [6.45, 7) is 7.85. The molecule has 6 nitrogen and oxygen atoms in total. The normalized spacial score (nSPS) is 25.1. The maximum Gasteiger partial charge on any atom is 0.268 e. The first-order valence-corrected chi connectivity index (χ1v) is 10.9. The first-order chi connectivity index (χ1) is 14.3. The van der Waals surface area contributed by atoms with Crippen LogP contribution in [0, 0.1) is 18.8 Å². The number of carbonyl (C=O) groups excluding carboxylic acids is 1. The molecular weight excluding hydrogens is 414 g/mol. The van der Waals surface area contributed by atoms with E-state index in [2.05, 4.69) is 24.5 Å². The molecule has 1 aliphatic heterocycles. The lowest BCUT2D eigenvalue weighted by Crippen LogP contribution is -2.50. The van der Waals surface area contributed by atoms with Gasteiger partial charge in [0.2, 0.25) is 0 Å². The summed E-state index contributed by atoms with van der Waals surface area (Å²) in [6.07, 6.45) is 2.56. The van der Waals surface area contributed by atoms with Crippen LogP contribution in [0.25, 0.3) is 5.69 Å². The maximum atomic E-state index is 13.2. The Hall–Kier alpha value is -2.15. The van der Waals surface area contributed by atoms with Crippen molar-refractivity contribution in [2.75, 3.05) is 13.1 Å². The van der Waals surface area contributed by atoms with E-state index in [0.717, 1.165) is 30.8 Å². The van der Waals surface area contributed by atoms with Gasteiger partial charge in [0.25, 0.3) is 11.5 Å². The predicted octanol–water partition coefficient (Wildman–Crippen LogP) is 2.78. The third kappa shape index (κ3) is 4.71. The minimum atomic E-state index is -0.580. The number of aliphatic hydroxyl groups is 1. The molecule has 4 rings (SSSR count). The van der Waals surface area contributed by atoms with Crippen molar-refractivity contribution in [3.63, 3.8) is 0 Å². The van der Waals surface area contributed by atoms with Gasteiger partial charge in [0, 0.05) is 11.9 Å². The fourth-order valence-corrected chi connectivity index (χ4v) is 4.83. The van der Waals surface area contributed by atoms with Crippen LogP contribution in [0.4, 0.5) is 0 Å². The molecule has 0 unspecified atom stereocenters. The Morgan fingerprint density at radius 2 is 1.90 bits per heavy atom. The number of aliphatic hydroxyl groups excluding tert-OH is 1. The van der Waals surface area contributed by atoms with Crippen molar-refractivity contribution in [2.24, 2.45) is 11.8 Å². The largest absolute Gasteiger partial charge is 0.391 e. The Morgan fingerprint density at radius 1 is 1.19 bits per heavy atom. The topological polar surface area (TPSA) is 83.4 Å². The number of aryl methyl sites for hydroxylation is 1. The van der Waals surface area contributed by atoms with Crippen LogP contribution in [0.15, 0.2) is 41.3 Å². The lowest BCUT2D eigenvalue weighted by molar-refractivity contribution is 0.0461. The van der Waals surface area contributed by atoms with Gasteiger partial charge < -0.3 is 15.7 Å². The van der Waals surface area contributed by atoms with Gasteiger partial charge in [-0.3, -0.25) is 14.2 Å². The fourth-order valence-electron chi connectivity index (χ4n) is 4.83. The zero-order chi connectivity index (χ0) is 21.4. The number of nitrogens with zero attached hydrogens (tertiary/aromatic N) is 1. The predicted molar refractivity (Wildman–Crippen MR) is 124 cm³/mol. The van der Waals surface area contributed by atoms with E-state index < -0.39 is 12.0 Å². The molecule has 1 aromatic heterocycles. The molecule has 0 radical (unpaired) electrons. The van der Waals surface area contributed by atoms with Crippen LogP contribution < -0.4 is 16.2 Å². The van der Waals surface area contributed by atoms with Crippen molar-refractivity contribution >= 4 is 18.3 Å². The number of hydrogen-bond acceptors (Lipinski definition) is 4. The van der Waals surface area contributed by atoms with E-state index in [1.807, 2.05) is 24.3 Å². The van der Waals surface area contributed by atoms with E-state index in [9.17, 15) is 14.7 Å². The molecule has 1 saturated carbocycles. The van der Waals surface area contributed by atoms with Gasteiger partial charge in [-0.25, -0.2) is 0 Å². The third-order valence-corrected chi connectivity index (χ3v) is 6.70. The second-order valence-corrected chi connectivity index (χ2v) is 9.10. The molecule has 1 amide bonds. The zero-order valence-electron chi connectivity index (χ0n) is 18.3. The summed E-state index contributed by atoms with van der Waals surface area (Å²) in [5, 5.41) is 16.9. The standard InChI is InChI=1S/C24H31N3O3.ClH/c1-14(2)16-5-4-6-19(9-16)27-8-7-15(3)22(24(27)30)23(29)26-20-10-17-12-25-13-18(17)11-21(20)28;/h4-9,14,17-18,20-21,25,28H,10-13H2,1-3H3,(H,26,29);1H/t17-,18+,20-,21-;/m0./s1. The van der Waals surface area contributed by atoms with Crippen molar-refractivity contribution < 1.29 is 9.90 Å². The average molecular weight is 446 g/mol. The van der Waals surface area contributed by atoms with Crippen molar-refractivity contribution in [3.05, 3.63) is 63.6 Å². The molecule has 7 heteroatoms. The Labute approximate surface area is 189 Å². The van der Waals surface area contributed by atoms with Crippen LogP contribution in [-0.4, -0.2) is 40.8 Å². The number of nitrogens with one attached hydrogen (secondary N) is 2. The quantitative estimate of drug-likeness (QED) is 0.675. The highest BCUT2D eigenvalue weighted by atomic mass is 35.5. The molecule has 3 N–H and O–H groups in total. The van der Waals surface area contributed by atoms with E-state index in [-0.39, 0.29) is 29.6 Å². The minimum Gasteiger partial charge on any atom is -0.391 e.